The van der Waals surface area contributed by atoms with E-state index in [1.54, 1.807) is 42.5 Å². The van der Waals surface area contributed by atoms with Crippen LogP contribution < -0.4 is 4.90 Å². The van der Waals surface area contributed by atoms with E-state index in [9.17, 15) is 9.65 Å². The molecule has 0 unspecified atom stereocenters. The van der Waals surface area contributed by atoms with Crippen molar-refractivity contribution < 1.29 is 4.39 Å². The summed E-state index contributed by atoms with van der Waals surface area (Å²) in [6.45, 7) is 1.95. The van der Waals surface area contributed by atoms with Crippen LogP contribution in [-0.2, 0) is 0 Å². The predicted octanol–water partition coefficient (Wildman–Crippen LogP) is 5.14. The molecule has 0 N–H and O–H groups in total. The van der Waals surface area contributed by atoms with Crippen molar-refractivity contribution in [3.63, 3.8) is 0 Å². The van der Waals surface area contributed by atoms with E-state index in [-0.39, 0.29) is 5.82 Å². The van der Waals surface area contributed by atoms with E-state index in [0.717, 1.165) is 37.2 Å². The fourth-order valence-electron chi connectivity index (χ4n) is 2.77. The molecule has 4 heteroatoms. The first-order valence-corrected chi connectivity index (χ1v) is 7.97. The number of nitrogens with zero attached hydrogens (tertiary/aromatic N) is 2. The Morgan fingerprint density at radius 3 is 2.43 bits per heavy atom. The van der Waals surface area contributed by atoms with Crippen molar-refractivity contribution in [2.45, 2.75) is 12.8 Å². The van der Waals surface area contributed by atoms with Gasteiger partial charge < -0.3 is 4.90 Å². The summed E-state index contributed by atoms with van der Waals surface area (Å²) in [4.78, 5) is 2.18. The highest BCUT2D eigenvalue weighted by Gasteiger charge is 2.14. The molecule has 1 heterocycles. The van der Waals surface area contributed by atoms with Crippen LogP contribution in [0.3, 0.4) is 0 Å². The molecule has 2 nitrogen and oxygen atoms in total. The van der Waals surface area contributed by atoms with E-state index in [2.05, 4.69) is 11.0 Å². The van der Waals surface area contributed by atoms with Gasteiger partial charge in [-0.05, 0) is 54.8 Å². The molecule has 1 aliphatic heterocycles. The van der Waals surface area contributed by atoms with Gasteiger partial charge in [-0.1, -0.05) is 23.7 Å². The van der Waals surface area contributed by atoms with Crippen molar-refractivity contribution >= 4 is 28.9 Å². The lowest BCUT2D eigenvalue weighted by molar-refractivity contribution is 0.624. The van der Waals surface area contributed by atoms with Crippen LogP contribution in [0.2, 0.25) is 5.02 Å². The second kappa shape index (κ2) is 6.85. The fourth-order valence-corrected chi connectivity index (χ4v) is 2.90. The molecule has 3 rings (SSSR count). The minimum Gasteiger partial charge on any atom is -0.371 e. The average Bonchev–Trinajstić information content (AvgIpc) is 3.09. The van der Waals surface area contributed by atoms with Gasteiger partial charge in [-0.15, -0.1) is 0 Å². The Hall–Kier alpha value is -2.31. The van der Waals surface area contributed by atoms with Gasteiger partial charge >= 0.3 is 0 Å². The number of anilines is 1. The van der Waals surface area contributed by atoms with Gasteiger partial charge in [0.25, 0.3) is 0 Å². The largest absolute Gasteiger partial charge is 0.371 e. The quantitative estimate of drug-likeness (QED) is 0.576. The summed E-state index contributed by atoms with van der Waals surface area (Å²) in [5, 5.41) is 9.95. The highest BCUT2D eigenvalue weighted by atomic mass is 35.5. The number of hydrogen-bond donors (Lipinski definition) is 0. The normalized spacial score (nSPS) is 14.8. The minimum atomic E-state index is -0.309. The molecule has 0 atom stereocenters. The van der Waals surface area contributed by atoms with Gasteiger partial charge in [-0.25, -0.2) is 4.39 Å². The number of benzene rings is 2. The van der Waals surface area contributed by atoms with Gasteiger partial charge in [0.2, 0.25) is 0 Å². The minimum absolute atomic E-state index is 0.309. The van der Waals surface area contributed by atoms with Crippen LogP contribution in [0.4, 0.5) is 10.1 Å². The van der Waals surface area contributed by atoms with Gasteiger partial charge in [0.15, 0.2) is 0 Å². The maximum Gasteiger partial charge on any atom is 0.132 e. The number of allylic oxidation sites excluding steroid dienone is 1. The summed E-state index contributed by atoms with van der Waals surface area (Å²) in [6.07, 6.45) is 3.88. The van der Waals surface area contributed by atoms with E-state index >= 15 is 0 Å². The molecule has 1 saturated heterocycles. The summed E-state index contributed by atoms with van der Waals surface area (Å²) in [5.74, 6) is -0.309. The summed E-state index contributed by atoms with van der Waals surface area (Å²) >= 11 is 5.86. The van der Waals surface area contributed by atoms with Crippen LogP contribution >= 0.6 is 11.6 Å². The van der Waals surface area contributed by atoms with Gasteiger partial charge in [0.05, 0.1) is 11.6 Å². The zero-order chi connectivity index (χ0) is 16.2. The third-order valence-electron chi connectivity index (χ3n) is 4.03. The maximum atomic E-state index is 14.4. The summed E-state index contributed by atoms with van der Waals surface area (Å²) < 4.78 is 14.4. The SMILES string of the molecule is N#C/C(=C\c1ccc(N2CCCC2)cc1F)c1ccc(Cl)cc1. The van der Waals surface area contributed by atoms with Crippen molar-refractivity contribution in [2.75, 3.05) is 18.0 Å². The Bertz CT molecular complexity index is 769. The van der Waals surface area contributed by atoms with E-state index < -0.39 is 0 Å². The summed E-state index contributed by atoms with van der Waals surface area (Å²) in [6, 6.07) is 14.3. The summed E-state index contributed by atoms with van der Waals surface area (Å²) in [7, 11) is 0. The van der Waals surface area contributed by atoms with Crippen molar-refractivity contribution in [3.8, 4) is 6.07 Å². The molecule has 0 aromatic heterocycles. The van der Waals surface area contributed by atoms with Crippen LogP contribution in [0, 0.1) is 17.1 Å². The van der Waals surface area contributed by atoms with Crippen molar-refractivity contribution in [1.82, 2.24) is 0 Å². The molecule has 1 fully saturated rings. The molecular formula is C19H16ClFN2. The zero-order valence-corrected chi connectivity index (χ0v) is 13.4. The first kappa shape index (κ1) is 15.6. The molecule has 0 amide bonds. The van der Waals surface area contributed by atoms with Crippen LogP contribution in [0.15, 0.2) is 42.5 Å². The highest BCUT2D eigenvalue weighted by Crippen LogP contribution is 2.26. The standard InChI is InChI=1S/C19H16ClFN2/c20-17-6-3-14(4-7-17)16(13-22)11-15-5-8-18(12-19(15)21)23-9-1-2-10-23/h3-8,11-12H,1-2,9-10H2/b16-11+. The molecule has 116 valence electrons. The third-order valence-corrected chi connectivity index (χ3v) is 4.28. The highest BCUT2D eigenvalue weighted by molar-refractivity contribution is 6.30. The van der Waals surface area contributed by atoms with Gasteiger partial charge in [0.1, 0.15) is 5.82 Å². The average molecular weight is 327 g/mol. The lowest BCUT2D eigenvalue weighted by Crippen LogP contribution is -2.17. The van der Waals surface area contributed by atoms with Gasteiger partial charge in [-0.2, -0.15) is 5.26 Å². The smallest absolute Gasteiger partial charge is 0.132 e. The van der Waals surface area contributed by atoms with E-state index in [1.165, 1.54) is 0 Å². The molecule has 23 heavy (non-hydrogen) atoms. The summed E-state index contributed by atoms with van der Waals surface area (Å²) in [5.41, 5.74) is 2.45. The lowest BCUT2D eigenvalue weighted by atomic mass is 10.0. The van der Waals surface area contributed by atoms with Crippen LogP contribution in [0.1, 0.15) is 24.0 Å². The van der Waals surface area contributed by atoms with E-state index in [1.807, 2.05) is 6.07 Å². The molecular weight excluding hydrogens is 311 g/mol. The molecule has 0 spiro atoms. The van der Waals surface area contributed by atoms with Crippen molar-refractivity contribution in [2.24, 2.45) is 0 Å². The van der Waals surface area contributed by atoms with Gasteiger partial charge in [-0.3, -0.25) is 0 Å². The first-order valence-electron chi connectivity index (χ1n) is 7.59. The molecule has 0 saturated carbocycles. The van der Waals surface area contributed by atoms with Crippen molar-refractivity contribution in [1.29, 1.82) is 5.26 Å². The van der Waals surface area contributed by atoms with Crippen LogP contribution in [-0.4, -0.2) is 13.1 Å². The zero-order valence-electron chi connectivity index (χ0n) is 12.6. The molecule has 0 bridgehead atoms. The Morgan fingerprint density at radius 2 is 1.83 bits per heavy atom. The van der Waals surface area contributed by atoms with Crippen molar-refractivity contribution in [3.05, 3.63) is 64.4 Å². The number of halogens is 2. The lowest BCUT2D eigenvalue weighted by Gasteiger charge is -2.17. The van der Waals surface area contributed by atoms with Crippen LogP contribution in [0.5, 0.6) is 0 Å². The third kappa shape index (κ3) is 3.55. The molecule has 2 aromatic rings. The monoisotopic (exact) mass is 326 g/mol. The fraction of sp³-hybridized carbons (Fsp3) is 0.211. The second-order valence-electron chi connectivity index (χ2n) is 5.58. The molecule has 0 aliphatic carbocycles. The first-order chi connectivity index (χ1) is 11.2. The van der Waals surface area contributed by atoms with Gasteiger partial charge in [0, 0.05) is 29.4 Å². The number of nitriles is 1. The number of hydrogen-bond acceptors (Lipinski definition) is 2. The number of rotatable bonds is 3. The van der Waals surface area contributed by atoms with Crippen LogP contribution in [0.25, 0.3) is 11.6 Å². The molecule has 1 aliphatic rings. The Balaban J connectivity index is 1.91. The molecule has 2 aromatic carbocycles. The second-order valence-corrected chi connectivity index (χ2v) is 6.01. The topological polar surface area (TPSA) is 27.0 Å². The Labute approximate surface area is 140 Å². The Morgan fingerprint density at radius 1 is 1.13 bits per heavy atom. The van der Waals surface area contributed by atoms with E-state index in [4.69, 9.17) is 11.6 Å². The maximum absolute atomic E-state index is 14.4. The Kier molecular flexibility index (Phi) is 4.64. The molecule has 0 radical (unpaired) electrons. The van der Waals surface area contributed by atoms with E-state index in [0.29, 0.717) is 16.2 Å². The predicted molar refractivity (Wildman–Crippen MR) is 92.8 cm³/mol.